The van der Waals surface area contributed by atoms with Crippen LogP contribution in [0.3, 0.4) is 0 Å². The molecule has 3 N–H and O–H groups in total. The first-order valence-electron chi connectivity index (χ1n) is 6.13. The van der Waals surface area contributed by atoms with Crippen molar-refractivity contribution in [2.45, 2.75) is 30.7 Å². The molecule has 0 saturated heterocycles. The largest absolute Gasteiger partial charge is 0.480 e. The standard InChI is InChI=1S/C12H15N3O4S/c1-2-4-9(12(16)17)15-20(18,19)10-7-14-11-8(10)5-3-6-13-11/h3,5-7,9,15H,2,4H2,1H3,(H,13,14)(H,16,17)/t9-/m1/s1. The Balaban J connectivity index is 2.37. The first-order chi connectivity index (χ1) is 9.45. The average Bonchev–Trinajstić information content (AvgIpc) is 2.82. The summed E-state index contributed by atoms with van der Waals surface area (Å²) in [7, 11) is -3.91. The van der Waals surface area contributed by atoms with Gasteiger partial charge in [0.2, 0.25) is 10.0 Å². The Bertz CT molecular complexity index is 723. The van der Waals surface area contributed by atoms with Gasteiger partial charge in [-0.15, -0.1) is 0 Å². The lowest BCUT2D eigenvalue weighted by atomic mass is 10.2. The van der Waals surface area contributed by atoms with Crippen LogP contribution < -0.4 is 4.72 Å². The third-order valence-electron chi connectivity index (χ3n) is 2.88. The third kappa shape index (κ3) is 2.81. The molecule has 0 saturated carbocycles. The van der Waals surface area contributed by atoms with Crippen LogP contribution in [0.15, 0.2) is 29.4 Å². The van der Waals surface area contributed by atoms with Gasteiger partial charge < -0.3 is 10.1 Å². The Labute approximate surface area is 116 Å². The number of sulfonamides is 1. The maximum Gasteiger partial charge on any atom is 0.321 e. The van der Waals surface area contributed by atoms with Gasteiger partial charge in [-0.3, -0.25) is 4.79 Å². The van der Waals surface area contributed by atoms with Gasteiger partial charge in [0.15, 0.2) is 0 Å². The second-order valence-corrected chi connectivity index (χ2v) is 6.04. The quantitative estimate of drug-likeness (QED) is 0.739. The van der Waals surface area contributed by atoms with E-state index in [2.05, 4.69) is 14.7 Å². The lowest BCUT2D eigenvalue weighted by molar-refractivity contribution is -0.139. The first-order valence-corrected chi connectivity index (χ1v) is 7.61. The molecule has 0 aromatic carbocycles. The van der Waals surface area contributed by atoms with E-state index in [9.17, 15) is 13.2 Å². The molecule has 1 atom stereocenters. The number of fused-ring (bicyclic) bond motifs is 1. The van der Waals surface area contributed by atoms with Crippen molar-refractivity contribution in [2.24, 2.45) is 0 Å². The smallest absolute Gasteiger partial charge is 0.321 e. The zero-order valence-electron chi connectivity index (χ0n) is 10.8. The van der Waals surface area contributed by atoms with Gasteiger partial charge in [-0.1, -0.05) is 13.3 Å². The Morgan fingerprint density at radius 3 is 2.95 bits per heavy atom. The minimum absolute atomic E-state index is 0.00273. The number of H-pyrrole nitrogens is 1. The van der Waals surface area contributed by atoms with Gasteiger partial charge in [0.05, 0.1) is 0 Å². The van der Waals surface area contributed by atoms with Crippen molar-refractivity contribution in [1.29, 1.82) is 0 Å². The van der Waals surface area contributed by atoms with Crippen LogP contribution in [0.5, 0.6) is 0 Å². The predicted molar refractivity (Wildman–Crippen MR) is 72.7 cm³/mol. The van der Waals surface area contributed by atoms with Crippen molar-refractivity contribution >= 4 is 27.0 Å². The van der Waals surface area contributed by atoms with E-state index in [-0.39, 0.29) is 11.3 Å². The fourth-order valence-corrected chi connectivity index (χ4v) is 3.31. The summed E-state index contributed by atoms with van der Waals surface area (Å²) in [4.78, 5) is 17.8. The number of nitrogens with one attached hydrogen (secondary N) is 2. The highest BCUT2D eigenvalue weighted by Gasteiger charge is 2.26. The molecule has 2 aromatic heterocycles. The molecule has 7 nitrogen and oxygen atoms in total. The topological polar surface area (TPSA) is 112 Å². The number of aromatic nitrogens is 2. The molecular weight excluding hydrogens is 282 g/mol. The summed E-state index contributed by atoms with van der Waals surface area (Å²) >= 11 is 0. The number of pyridine rings is 1. The van der Waals surface area contributed by atoms with Gasteiger partial charge in [-0.05, 0) is 18.6 Å². The number of carboxylic acid groups (broad SMARTS) is 1. The number of carboxylic acids is 1. The van der Waals surface area contributed by atoms with Crippen LogP contribution in [0.4, 0.5) is 0 Å². The Morgan fingerprint density at radius 1 is 1.55 bits per heavy atom. The molecule has 0 spiro atoms. The lowest BCUT2D eigenvalue weighted by Gasteiger charge is -2.13. The van der Waals surface area contributed by atoms with Gasteiger partial charge in [-0.25, -0.2) is 13.4 Å². The number of hydrogen-bond donors (Lipinski definition) is 3. The molecule has 2 rings (SSSR count). The molecule has 0 unspecified atom stereocenters. The van der Waals surface area contributed by atoms with E-state index in [0.717, 1.165) is 0 Å². The molecular formula is C12H15N3O4S. The van der Waals surface area contributed by atoms with Crippen molar-refractivity contribution in [3.8, 4) is 0 Å². The van der Waals surface area contributed by atoms with Crippen LogP contribution in [0, 0.1) is 0 Å². The third-order valence-corrected chi connectivity index (χ3v) is 4.39. The zero-order chi connectivity index (χ0) is 14.8. The van der Waals surface area contributed by atoms with E-state index in [4.69, 9.17) is 5.11 Å². The van der Waals surface area contributed by atoms with Crippen molar-refractivity contribution in [3.05, 3.63) is 24.5 Å². The highest BCUT2D eigenvalue weighted by atomic mass is 32.2. The summed E-state index contributed by atoms with van der Waals surface area (Å²) < 4.78 is 26.8. The summed E-state index contributed by atoms with van der Waals surface area (Å²) in [5.41, 5.74) is 0.440. The van der Waals surface area contributed by atoms with E-state index in [1.807, 2.05) is 0 Å². The van der Waals surface area contributed by atoms with Gasteiger partial charge in [-0.2, -0.15) is 4.72 Å². The number of carbonyl (C=O) groups is 1. The molecule has 0 fully saturated rings. The van der Waals surface area contributed by atoms with Gasteiger partial charge >= 0.3 is 5.97 Å². The van der Waals surface area contributed by atoms with Crippen LogP contribution in [-0.4, -0.2) is 35.5 Å². The van der Waals surface area contributed by atoms with Crippen molar-refractivity contribution in [3.63, 3.8) is 0 Å². The molecule has 0 radical (unpaired) electrons. The van der Waals surface area contributed by atoms with E-state index in [1.165, 1.54) is 6.20 Å². The molecule has 8 heteroatoms. The minimum atomic E-state index is -3.91. The monoisotopic (exact) mass is 297 g/mol. The molecule has 108 valence electrons. The van der Waals surface area contributed by atoms with Gasteiger partial charge in [0.25, 0.3) is 0 Å². The summed E-state index contributed by atoms with van der Waals surface area (Å²) in [5.74, 6) is -1.19. The van der Waals surface area contributed by atoms with Crippen LogP contribution in [0.2, 0.25) is 0 Å². The second-order valence-electron chi connectivity index (χ2n) is 4.35. The molecule has 0 aliphatic carbocycles. The highest BCUT2D eigenvalue weighted by molar-refractivity contribution is 7.89. The number of nitrogens with zero attached hydrogens (tertiary/aromatic N) is 1. The maximum absolute atomic E-state index is 12.3. The van der Waals surface area contributed by atoms with Crippen LogP contribution in [0.1, 0.15) is 19.8 Å². The van der Waals surface area contributed by atoms with Crippen molar-refractivity contribution < 1.29 is 18.3 Å². The molecule has 0 bridgehead atoms. The predicted octanol–water partition coefficient (Wildman–Crippen LogP) is 1.09. The number of aromatic amines is 1. The van der Waals surface area contributed by atoms with Crippen LogP contribution in [0.25, 0.3) is 11.0 Å². The summed E-state index contributed by atoms with van der Waals surface area (Å²) in [6, 6.07) is 2.10. The molecule has 0 aliphatic heterocycles. The Hall–Kier alpha value is -1.93. The van der Waals surface area contributed by atoms with Crippen LogP contribution >= 0.6 is 0 Å². The molecule has 20 heavy (non-hydrogen) atoms. The van der Waals surface area contributed by atoms with Crippen molar-refractivity contribution in [2.75, 3.05) is 0 Å². The Kier molecular flexibility index (Phi) is 4.05. The lowest BCUT2D eigenvalue weighted by Crippen LogP contribution is -2.40. The number of aliphatic carboxylic acids is 1. The van der Waals surface area contributed by atoms with Gasteiger partial charge in [0.1, 0.15) is 16.6 Å². The normalized spacial score (nSPS) is 13.4. The summed E-state index contributed by atoms with van der Waals surface area (Å²) in [6.07, 6.45) is 3.65. The highest BCUT2D eigenvalue weighted by Crippen LogP contribution is 2.21. The maximum atomic E-state index is 12.3. The van der Waals surface area contributed by atoms with Crippen LogP contribution in [-0.2, 0) is 14.8 Å². The molecule has 2 heterocycles. The van der Waals surface area contributed by atoms with Crippen molar-refractivity contribution in [1.82, 2.24) is 14.7 Å². The number of rotatable bonds is 6. The SMILES string of the molecule is CCC[C@@H](NS(=O)(=O)c1c[nH]c2ncccc12)C(=O)O. The summed E-state index contributed by atoms with van der Waals surface area (Å²) in [5, 5.41) is 9.46. The summed E-state index contributed by atoms with van der Waals surface area (Å²) in [6.45, 7) is 1.79. The van der Waals surface area contributed by atoms with E-state index in [0.29, 0.717) is 17.5 Å². The van der Waals surface area contributed by atoms with Gasteiger partial charge in [0, 0.05) is 17.8 Å². The fourth-order valence-electron chi connectivity index (χ4n) is 1.93. The van der Waals surface area contributed by atoms with E-state index >= 15 is 0 Å². The first kappa shape index (κ1) is 14.5. The fraction of sp³-hybridized carbons (Fsp3) is 0.333. The average molecular weight is 297 g/mol. The molecule has 0 amide bonds. The number of hydrogen-bond acceptors (Lipinski definition) is 4. The van der Waals surface area contributed by atoms with E-state index < -0.39 is 22.0 Å². The molecule has 2 aromatic rings. The minimum Gasteiger partial charge on any atom is -0.480 e. The zero-order valence-corrected chi connectivity index (χ0v) is 11.6. The Morgan fingerprint density at radius 2 is 2.30 bits per heavy atom. The second kappa shape index (κ2) is 5.59. The van der Waals surface area contributed by atoms with E-state index in [1.54, 1.807) is 25.3 Å². The molecule has 0 aliphatic rings.